The van der Waals surface area contributed by atoms with Crippen molar-refractivity contribution in [3.8, 4) is 0 Å². The third-order valence-electron chi connectivity index (χ3n) is 4.54. The van der Waals surface area contributed by atoms with Crippen LogP contribution in [0, 0.1) is 0 Å². The van der Waals surface area contributed by atoms with E-state index in [2.05, 4.69) is 14.8 Å². The van der Waals surface area contributed by atoms with Crippen molar-refractivity contribution >= 4 is 17.4 Å². The summed E-state index contributed by atoms with van der Waals surface area (Å²) in [5.74, 6) is 1.02. The fourth-order valence-corrected chi connectivity index (χ4v) is 3.59. The molecule has 4 nitrogen and oxygen atoms in total. The quantitative estimate of drug-likeness (QED) is 0.924. The van der Waals surface area contributed by atoms with Crippen LogP contribution in [0.4, 0.5) is 5.82 Å². The van der Waals surface area contributed by atoms with Gasteiger partial charge in [0.05, 0.1) is 11.6 Å². The number of likely N-dealkylation sites (tertiary alicyclic amines) is 1. The Labute approximate surface area is 125 Å². The Kier molecular flexibility index (Phi) is 4.44. The van der Waals surface area contributed by atoms with E-state index in [1.807, 2.05) is 12.1 Å². The molecule has 2 aliphatic rings. The average Bonchev–Trinajstić information content (AvgIpc) is 3.09. The number of pyridine rings is 1. The van der Waals surface area contributed by atoms with Gasteiger partial charge in [-0.05, 0) is 44.4 Å². The van der Waals surface area contributed by atoms with Crippen molar-refractivity contribution in [3.05, 3.63) is 23.4 Å². The molecule has 2 unspecified atom stereocenters. The lowest BCUT2D eigenvalue weighted by Crippen LogP contribution is -2.43. The molecule has 3 heterocycles. The van der Waals surface area contributed by atoms with E-state index in [0.29, 0.717) is 17.1 Å². The summed E-state index contributed by atoms with van der Waals surface area (Å²) in [6, 6.07) is 4.78. The smallest absolute Gasteiger partial charge is 0.128 e. The highest BCUT2D eigenvalue weighted by Crippen LogP contribution is 2.27. The van der Waals surface area contributed by atoms with Gasteiger partial charge in [0.15, 0.2) is 0 Å². The molecule has 0 radical (unpaired) electrons. The lowest BCUT2D eigenvalue weighted by molar-refractivity contribution is 0.153. The zero-order valence-corrected chi connectivity index (χ0v) is 12.5. The summed E-state index contributed by atoms with van der Waals surface area (Å²) in [7, 11) is 0. The van der Waals surface area contributed by atoms with E-state index in [4.69, 9.17) is 11.6 Å². The third kappa shape index (κ3) is 2.92. The molecule has 20 heavy (non-hydrogen) atoms. The summed E-state index contributed by atoms with van der Waals surface area (Å²) in [6.07, 6.45) is 6.48. The average molecular weight is 296 g/mol. The molecule has 0 amide bonds. The minimum atomic E-state index is 0.284. The first-order valence-electron chi connectivity index (χ1n) is 7.51. The monoisotopic (exact) mass is 295 g/mol. The molecule has 2 atom stereocenters. The van der Waals surface area contributed by atoms with E-state index < -0.39 is 0 Å². The predicted molar refractivity (Wildman–Crippen MR) is 81.3 cm³/mol. The summed E-state index contributed by atoms with van der Waals surface area (Å²) >= 11 is 5.91. The molecule has 2 aliphatic heterocycles. The van der Waals surface area contributed by atoms with Crippen molar-refractivity contribution in [3.63, 3.8) is 0 Å². The molecule has 0 aromatic carbocycles. The Bertz CT molecular complexity index is 439. The molecule has 1 N–H and O–H groups in total. The van der Waals surface area contributed by atoms with Gasteiger partial charge in [-0.2, -0.15) is 0 Å². The van der Waals surface area contributed by atoms with Gasteiger partial charge in [0.2, 0.25) is 0 Å². The predicted octanol–water partition coefficient (Wildman–Crippen LogP) is 2.16. The van der Waals surface area contributed by atoms with Gasteiger partial charge in [0.1, 0.15) is 5.82 Å². The van der Waals surface area contributed by atoms with Crippen LogP contribution in [-0.2, 0) is 0 Å². The standard InChI is InChI=1S/C15H22ClN3O/c16-12-5-6-15(17-9-12)19-8-2-3-13(19)10-18-7-1-4-14(18)11-20/h5-6,9,13-14,20H,1-4,7-8,10-11H2. The Morgan fingerprint density at radius 3 is 2.75 bits per heavy atom. The first-order chi connectivity index (χ1) is 9.78. The second-order valence-corrected chi connectivity index (χ2v) is 6.23. The number of hydrogen-bond acceptors (Lipinski definition) is 4. The van der Waals surface area contributed by atoms with Crippen molar-refractivity contribution in [1.82, 2.24) is 9.88 Å². The molecular formula is C15H22ClN3O. The third-order valence-corrected chi connectivity index (χ3v) is 4.76. The molecule has 0 aliphatic carbocycles. The van der Waals surface area contributed by atoms with E-state index >= 15 is 0 Å². The number of nitrogens with zero attached hydrogens (tertiary/aromatic N) is 3. The lowest BCUT2D eigenvalue weighted by atomic mass is 10.2. The van der Waals surface area contributed by atoms with E-state index in [1.165, 1.54) is 19.3 Å². The maximum atomic E-state index is 9.44. The highest BCUT2D eigenvalue weighted by atomic mass is 35.5. The van der Waals surface area contributed by atoms with E-state index in [1.54, 1.807) is 6.20 Å². The van der Waals surface area contributed by atoms with Crippen LogP contribution in [0.1, 0.15) is 25.7 Å². The van der Waals surface area contributed by atoms with Crippen molar-refractivity contribution in [2.75, 3.05) is 31.1 Å². The van der Waals surface area contributed by atoms with E-state index in [0.717, 1.165) is 31.9 Å². The van der Waals surface area contributed by atoms with E-state index in [-0.39, 0.29) is 6.61 Å². The SMILES string of the molecule is OCC1CCCN1CC1CCCN1c1ccc(Cl)cn1. The van der Waals surface area contributed by atoms with Gasteiger partial charge in [-0.1, -0.05) is 11.6 Å². The van der Waals surface area contributed by atoms with Crippen LogP contribution in [0.5, 0.6) is 0 Å². The first kappa shape index (κ1) is 14.1. The minimum absolute atomic E-state index is 0.284. The van der Waals surface area contributed by atoms with Crippen molar-refractivity contribution in [2.45, 2.75) is 37.8 Å². The molecule has 0 saturated carbocycles. The topological polar surface area (TPSA) is 39.6 Å². The molecule has 2 saturated heterocycles. The molecule has 2 fully saturated rings. The first-order valence-corrected chi connectivity index (χ1v) is 7.89. The number of aromatic nitrogens is 1. The number of hydrogen-bond donors (Lipinski definition) is 1. The maximum absolute atomic E-state index is 9.44. The number of aliphatic hydroxyl groups excluding tert-OH is 1. The maximum Gasteiger partial charge on any atom is 0.128 e. The van der Waals surface area contributed by atoms with Crippen molar-refractivity contribution < 1.29 is 5.11 Å². The van der Waals surface area contributed by atoms with Crippen LogP contribution in [0.3, 0.4) is 0 Å². The minimum Gasteiger partial charge on any atom is -0.395 e. The van der Waals surface area contributed by atoms with Gasteiger partial charge in [0, 0.05) is 31.4 Å². The summed E-state index contributed by atoms with van der Waals surface area (Å²) in [6.45, 7) is 3.50. The summed E-state index contributed by atoms with van der Waals surface area (Å²) in [5, 5.41) is 10.1. The van der Waals surface area contributed by atoms with Gasteiger partial charge in [-0.3, -0.25) is 4.90 Å². The zero-order valence-electron chi connectivity index (χ0n) is 11.7. The second kappa shape index (κ2) is 6.29. The number of rotatable bonds is 4. The van der Waals surface area contributed by atoms with Crippen molar-refractivity contribution in [1.29, 1.82) is 0 Å². The molecule has 3 rings (SSSR count). The molecule has 1 aromatic heterocycles. The Balaban J connectivity index is 1.67. The molecule has 5 heteroatoms. The number of anilines is 1. The van der Waals surface area contributed by atoms with Crippen LogP contribution < -0.4 is 4.90 Å². The second-order valence-electron chi connectivity index (χ2n) is 5.80. The highest BCUT2D eigenvalue weighted by Gasteiger charge is 2.31. The summed E-state index contributed by atoms with van der Waals surface area (Å²) in [5.41, 5.74) is 0. The molecule has 1 aromatic rings. The Hall–Kier alpha value is -0.840. The molecule has 110 valence electrons. The van der Waals surface area contributed by atoms with Crippen molar-refractivity contribution in [2.24, 2.45) is 0 Å². The highest BCUT2D eigenvalue weighted by molar-refractivity contribution is 6.30. The zero-order chi connectivity index (χ0) is 13.9. The normalized spacial score (nSPS) is 27.4. The lowest BCUT2D eigenvalue weighted by Gasteiger charge is -2.32. The number of halogens is 1. The molecular weight excluding hydrogens is 274 g/mol. The summed E-state index contributed by atoms with van der Waals surface area (Å²) in [4.78, 5) is 9.29. The summed E-state index contributed by atoms with van der Waals surface area (Å²) < 4.78 is 0. The van der Waals surface area contributed by atoms with Gasteiger partial charge < -0.3 is 10.0 Å². The van der Waals surface area contributed by atoms with Gasteiger partial charge in [0.25, 0.3) is 0 Å². The molecule has 0 bridgehead atoms. The van der Waals surface area contributed by atoms with Gasteiger partial charge in [-0.15, -0.1) is 0 Å². The van der Waals surface area contributed by atoms with Crippen LogP contribution in [0.25, 0.3) is 0 Å². The fraction of sp³-hybridized carbons (Fsp3) is 0.667. The van der Waals surface area contributed by atoms with E-state index in [9.17, 15) is 5.11 Å². The Morgan fingerprint density at radius 2 is 2.00 bits per heavy atom. The van der Waals surface area contributed by atoms with Crippen LogP contribution in [0.2, 0.25) is 5.02 Å². The Morgan fingerprint density at radius 1 is 1.20 bits per heavy atom. The van der Waals surface area contributed by atoms with Gasteiger partial charge >= 0.3 is 0 Å². The largest absolute Gasteiger partial charge is 0.395 e. The number of aliphatic hydroxyl groups is 1. The van der Waals surface area contributed by atoms with Gasteiger partial charge in [-0.25, -0.2) is 4.98 Å². The fourth-order valence-electron chi connectivity index (χ4n) is 3.48. The molecule has 0 spiro atoms. The van der Waals surface area contributed by atoms with Crippen LogP contribution in [-0.4, -0.2) is 53.3 Å². The van der Waals surface area contributed by atoms with Crippen LogP contribution >= 0.6 is 11.6 Å². The van der Waals surface area contributed by atoms with Crippen LogP contribution in [0.15, 0.2) is 18.3 Å².